The Morgan fingerprint density at radius 3 is 1.78 bits per heavy atom. The molecule has 0 aromatic rings. The third-order valence-corrected chi connectivity index (χ3v) is 0.816. The Bertz CT molecular complexity index is 40.2. The molecular formula is C7H14O2. The minimum atomic E-state index is 0.580. The van der Waals surface area contributed by atoms with Gasteiger partial charge in [-0.1, -0.05) is 0 Å². The molecule has 0 spiro atoms. The molecule has 0 bridgehead atoms. The highest BCUT2D eigenvalue weighted by Gasteiger charge is 1.85. The van der Waals surface area contributed by atoms with Crippen molar-refractivity contribution in [1.82, 2.24) is 0 Å². The molecule has 2 heteroatoms. The van der Waals surface area contributed by atoms with Crippen LogP contribution in [0.4, 0.5) is 0 Å². The fraction of sp³-hybridized carbons (Fsp3) is 0.857. The molecule has 0 fully saturated rings. The Morgan fingerprint density at radius 1 is 1.00 bits per heavy atom. The Kier molecular flexibility index (Phi) is 7.85. The zero-order valence-electron chi connectivity index (χ0n) is 6.14. The Hall–Kier alpha value is -0.0800. The smallest absolute Gasteiger partial charge is 0.0559 e. The van der Waals surface area contributed by atoms with Gasteiger partial charge in [-0.3, -0.25) is 0 Å². The summed E-state index contributed by atoms with van der Waals surface area (Å²) < 4.78 is 9.98. The van der Waals surface area contributed by atoms with E-state index in [0.29, 0.717) is 13.2 Å². The molecule has 0 aliphatic rings. The van der Waals surface area contributed by atoms with E-state index in [0.717, 1.165) is 13.2 Å². The first-order valence-corrected chi connectivity index (χ1v) is 3.28. The topological polar surface area (TPSA) is 18.5 Å². The van der Waals surface area contributed by atoms with Crippen LogP contribution in [0.3, 0.4) is 0 Å². The maximum atomic E-state index is 4.99. The molecule has 0 aromatic carbocycles. The van der Waals surface area contributed by atoms with Crippen LogP contribution in [-0.4, -0.2) is 26.4 Å². The van der Waals surface area contributed by atoms with Gasteiger partial charge in [0.25, 0.3) is 0 Å². The van der Waals surface area contributed by atoms with Crippen molar-refractivity contribution in [2.45, 2.75) is 13.8 Å². The average Bonchev–Trinajstić information content (AvgIpc) is 1.89. The summed E-state index contributed by atoms with van der Waals surface area (Å²) in [5.41, 5.74) is 0. The molecule has 0 unspecified atom stereocenters. The Labute approximate surface area is 57.2 Å². The summed E-state index contributed by atoms with van der Waals surface area (Å²) in [6, 6.07) is 0. The lowest BCUT2D eigenvalue weighted by Gasteiger charge is -1.99. The SMILES string of the molecule is CCOC[C]COCC. The minimum Gasteiger partial charge on any atom is -0.381 e. The molecule has 9 heavy (non-hydrogen) atoms. The second-order valence-electron chi connectivity index (χ2n) is 1.52. The molecule has 0 saturated carbocycles. The quantitative estimate of drug-likeness (QED) is 0.502. The van der Waals surface area contributed by atoms with Gasteiger partial charge >= 0.3 is 0 Å². The first-order valence-electron chi connectivity index (χ1n) is 3.28. The van der Waals surface area contributed by atoms with Gasteiger partial charge in [0, 0.05) is 19.6 Å². The molecule has 0 aromatic heterocycles. The molecule has 0 aliphatic heterocycles. The Morgan fingerprint density at radius 2 is 1.44 bits per heavy atom. The molecule has 2 nitrogen and oxygen atoms in total. The van der Waals surface area contributed by atoms with Crippen LogP contribution in [0.1, 0.15) is 13.8 Å². The van der Waals surface area contributed by atoms with Crippen LogP contribution in [0.2, 0.25) is 0 Å². The average molecular weight is 130 g/mol. The Balaban J connectivity index is 2.60. The zero-order valence-corrected chi connectivity index (χ0v) is 6.14. The molecule has 0 heterocycles. The van der Waals surface area contributed by atoms with Gasteiger partial charge in [-0.05, 0) is 13.8 Å². The van der Waals surface area contributed by atoms with E-state index in [1.54, 1.807) is 0 Å². The highest BCUT2D eigenvalue weighted by Crippen LogP contribution is 1.81. The molecule has 54 valence electrons. The van der Waals surface area contributed by atoms with Crippen molar-refractivity contribution >= 4 is 0 Å². The normalized spacial score (nSPS) is 10.0. The van der Waals surface area contributed by atoms with Crippen LogP contribution in [0, 0.1) is 6.42 Å². The van der Waals surface area contributed by atoms with E-state index in [1.807, 2.05) is 13.8 Å². The lowest BCUT2D eigenvalue weighted by atomic mass is 10.5. The molecular weight excluding hydrogens is 116 g/mol. The van der Waals surface area contributed by atoms with Crippen LogP contribution in [0.25, 0.3) is 0 Å². The fourth-order valence-electron chi connectivity index (χ4n) is 0.390. The second kappa shape index (κ2) is 7.92. The van der Waals surface area contributed by atoms with E-state index in [2.05, 4.69) is 6.42 Å². The lowest BCUT2D eigenvalue weighted by Crippen LogP contribution is -2.00. The van der Waals surface area contributed by atoms with E-state index in [1.165, 1.54) is 0 Å². The predicted octanol–water partition coefficient (Wildman–Crippen LogP) is 1.14. The molecule has 0 atom stereocenters. The summed E-state index contributed by atoms with van der Waals surface area (Å²) in [6.45, 7) is 6.58. The largest absolute Gasteiger partial charge is 0.381 e. The molecule has 2 radical (unpaired) electrons. The summed E-state index contributed by atoms with van der Waals surface area (Å²) in [4.78, 5) is 0. The summed E-state index contributed by atoms with van der Waals surface area (Å²) in [5, 5.41) is 0. The lowest BCUT2D eigenvalue weighted by molar-refractivity contribution is 0.128. The van der Waals surface area contributed by atoms with Crippen molar-refractivity contribution in [2.24, 2.45) is 0 Å². The van der Waals surface area contributed by atoms with Crippen LogP contribution in [-0.2, 0) is 9.47 Å². The van der Waals surface area contributed by atoms with E-state index in [4.69, 9.17) is 9.47 Å². The highest BCUT2D eigenvalue weighted by molar-refractivity contribution is 4.60. The number of hydrogen-bond donors (Lipinski definition) is 0. The second-order valence-corrected chi connectivity index (χ2v) is 1.52. The first kappa shape index (κ1) is 8.92. The monoisotopic (exact) mass is 130 g/mol. The van der Waals surface area contributed by atoms with Gasteiger partial charge < -0.3 is 9.47 Å². The summed E-state index contributed by atoms with van der Waals surface area (Å²) >= 11 is 0. The zero-order chi connectivity index (χ0) is 6.95. The van der Waals surface area contributed by atoms with Crippen molar-refractivity contribution in [2.75, 3.05) is 26.4 Å². The van der Waals surface area contributed by atoms with E-state index >= 15 is 0 Å². The molecule has 0 aliphatic carbocycles. The van der Waals surface area contributed by atoms with Crippen molar-refractivity contribution in [3.8, 4) is 0 Å². The molecule has 0 N–H and O–H groups in total. The first-order chi connectivity index (χ1) is 4.41. The fourth-order valence-corrected chi connectivity index (χ4v) is 0.390. The van der Waals surface area contributed by atoms with Crippen LogP contribution in [0.5, 0.6) is 0 Å². The maximum Gasteiger partial charge on any atom is 0.0559 e. The summed E-state index contributed by atoms with van der Waals surface area (Å²) in [7, 11) is 0. The van der Waals surface area contributed by atoms with Crippen LogP contribution in [0.15, 0.2) is 0 Å². The molecule has 0 rings (SSSR count). The standard InChI is InChI=1S/C7H14O2/c1-3-8-6-5-7-9-4-2/h3-4,6-7H2,1-2H3. The summed E-state index contributed by atoms with van der Waals surface area (Å²) in [6.07, 6.45) is 2.94. The van der Waals surface area contributed by atoms with Crippen molar-refractivity contribution in [3.05, 3.63) is 6.42 Å². The van der Waals surface area contributed by atoms with Gasteiger partial charge in [0.2, 0.25) is 0 Å². The third kappa shape index (κ3) is 7.92. The summed E-state index contributed by atoms with van der Waals surface area (Å²) in [5.74, 6) is 0. The van der Waals surface area contributed by atoms with Gasteiger partial charge in [0.1, 0.15) is 0 Å². The van der Waals surface area contributed by atoms with Gasteiger partial charge in [-0.2, -0.15) is 0 Å². The number of ether oxygens (including phenoxy) is 2. The van der Waals surface area contributed by atoms with Crippen LogP contribution < -0.4 is 0 Å². The third-order valence-electron chi connectivity index (χ3n) is 0.816. The van der Waals surface area contributed by atoms with Crippen LogP contribution >= 0.6 is 0 Å². The van der Waals surface area contributed by atoms with Gasteiger partial charge in [0.15, 0.2) is 0 Å². The maximum absolute atomic E-state index is 4.99. The number of hydrogen-bond acceptors (Lipinski definition) is 2. The van der Waals surface area contributed by atoms with Crippen molar-refractivity contribution in [1.29, 1.82) is 0 Å². The van der Waals surface area contributed by atoms with E-state index < -0.39 is 0 Å². The van der Waals surface area contributed by atoms with Gasteiger partial charge in [0.05, 0.1) is 13.2 Å². The molecule has 0 amide bonds. The van der Waals surface area contributed by atoms with Crippen molar-refractivity contribution < 1.29 is 9.47 Å². The highest BCUT2D eigenvalue weighted by atomic mass is 16.5. The van der Waals surface area contributed by atoms with Gasteiger partial charge in [-0.15, -0.1) is 0 Å². The van der Waals surface area contributed by atoms with Gasteiger partial charge in [-0.25, -0.2) is 0 Å². The minimum absolute atomic E-state index is 0.580. The predicted molar refractivity (Wildman–Crippen MR) is 36.2 cm³/mol. The number of rotatable bonds is 6. The molecule has 0 saturated heterocycles. The van der Waals surface area contributed by atoms with Crippen molar-refractivity contribution in [3.63, 3.8) is 0 Å². The van der Waals surface area contributed by atoms with E-state index in [-0.39, 0.29) is 0 Å². The van der Waals surface area contributed by atoms with E-state index in [9.17, 15) is 0 Å².